The molecule has 1 saturated heterocycles. The summed E-state index contributed by atoms with van der Waals surface area (Å²) in [6.07, 6.45) is 0.0404. The lowest BCUT2D eigenvalue weighted by Gasteiger charge is -2.00. The van der Waals surface area contributed by atoms with Crippen molar-refractivity contribution in [1.29, 1.82) is 0 Å². The van der Waals surface area contributed by atoms with E-state index in [-0.39, 0.29) is 19.1 Å². The van der Waals surface area contributed by atoms with Crippen molar-refractivity contribution >= 4 is 17.3 Å². The van der Waals surface area contributed by atoms with E-state index in [1.807, 2.05) is 0 Å². The van der Waals surface area contributed by atoms with Crippen molar-refractivity contribution in [3.8, 4) is 0 Å². The molecule has 1 fully saturated rings. The van der Waals surface area contributed by atoms with E-state index in [1.165, 1.54) is 0 Å². The minimum absolute atomic E-state index is 0.0191. The van der Waals surface area contributed by atoms with Crippen LogP contribution >= 0.6 is 0 Å². The molecule has 0 amide bonds. The normalized spacial score (nSPS) is 30.5. The number of carboxylic acid groups (broad SMARTS) is 1. The predicted octanol–water partition coefficient (Wildman–Crippen LogP) is -0.155. The molecule has 1 aliphatic rings. The molecule has 0 saturated carbocycles. The molecular weight excluding hydrogens is 172 g/mol. The van der Waals surface area contributed by atoms with Crippen molar-refractivity contribution in [2.45, 2.75) is 18.9 Å². The Bertz CT molecular complexity index is 180. The van der Waals surface area contributed by atoms with Gasteiger partial charge in [0.25, 0.3) is 0 Å². The van der Waals surface area contributed by atoms with Gasteiger partial charge < -0.3 is 5.11 Å². The number of carbonyl (C=O) groups is 1. The van der Waals surface area contributed by atoms with Crippen LogP contribution in [0.15, 0.2) is 0 Å². The largest absolute Gasteiger partial charge is 0.481 e. The number of aliphatic carboxylic acids is 1. The Morgan fingerprint density at radius 1 is 1.73 bits per heavy atom. The van der Waals surface area contributed by atoms with Gasteiger partial charge in [0.05, 0.1) is 6.61 Å². The van der Waals surface area contributed by atoms with Crippen LogP contribution in [0.1, 0.15) is 12.8 Å². The number of carboxylic acids is 1. The summed E-state index contributed by atoms with van der Waals surface area (Å²) in [5.41, 5.74) is 0. The van der Waals surface area contributed by atoms with Gasteiger partial charge in [0.15, 0.2) is 0 Å². The fourth-order valence-corrected chi connectivity index (χ4v) is 1.41. The monoisotopic (exact) mass is 180 g/mol. The highest BCUT2D eigenvalue weighted by molar-refractivity contribution is 7.75. The molecular formula is C5H8O5S. The van der Waals surface area contributed by atoms with Gasteiger partial charge in [-0.25, -0.2) is 0 Å². The molecule has 1 unspecified atom stereocenters. The minimum Gasteiger partial charge on any atom is -0.481 e. The first-order valence-electron chi connectivity index (χ1n) is 3.12. The maximum absolute atomic E-state index is 10.4. The van der Waals surface area contributed by atoms with Crippen LogP contribution in [-0.4, -0.2) is 28.0 Å². The maximum atomic E-state index is 10.4. The molecule has 6 heteroatoms. The van der Waals surface area contributed by atoms with Crippen LogP contribution in [-0.2, 0) is 24.5 Å². The molecule has 0 spiro atoms. The Morgan fingerprint density at radius 2 is 2.45 bits per heavy atom. The van der Waals surface area contributed by atoms with Crippen LogP contribution in [0.25, 0.3) is 0 Å². The van der Waals surface area contributed by atoms with E-state index in [1.54, 1.807) is 0 Å². The zero-order chi connectivity index (χ0) is 8.27. The number of rotatable bonds is 3. The summed E-state index contributed by atoms with van der Waals surface area (Å²) in [5.74, 6) is -0.883. The van der Waals surface area contributed by atoms with E-state index < -0.39 is 17.3 Å². The van der Waals surface area contributed by atoms with E-state index in [0.717, 1.165) is 0 Å². The van der Waals surface area contributed by atoms with Gasteiger partial charge in [-0.1, -0.05) is 0 Å². The van der Waals surface area contributed by atoms with Crippen molar-refractivity contribution < 1.29 is 22.5 Å². The van der Waals surface area contributed by atoms with E-state index in [0.29, 0.717) is 6.42 Å². The number of hydrogen-bond acceptors (Lipinski definition) is 4. The lowest BCUT2D eigenvalue weighted by Crippen LogP contribution is -2.11. The van der Waals surface area contributed by atoms with Gasteiger partial charge in [-0.3, -0.25) is 13.2 Å². The summed E-state index contributed by atoms with van der Waals surface area (Å²) in [7, 11) is 0. The highest BCUT2D eigenvalue weighted by Gasteiger charge is 2.23. The van der Waals surface area contributed by atoms with Crippen LogP contribution in [0.5, 0.6) is 0 Å². The van der Waals surface area contributed by atoms with E-state index >= 15 is 0 Å². The standard InChI is InChI=1S/C5H8O5S/c6-5(7)2-1-4-3-9-11(8)10-4/h4H,1-3H2,(H,6,7)/t4?,11-/m1/s1. The molecule has 64 valence electrons. The third-order valence-corrected chi connectivity index (χ3v) is 2.00. The minimum atomic E-state index is -1.66. The summed E-state index contributed by atoms with van der Waals surface area (Å²) < 4.78 is 19.7. The molecule has 0 aromatic carbocycles. The fraction of sp³-hybridized carbons (Fsp3) is 0.800. The molecule has 0 radical (unpaired) electrons. The first-order valence-corrected chi connectivity index (χ1v) is 4.12. The lowest BCUT2D eigenvalue weighted by molar-refractivity contribution is -0.137. The smallest absolute Gasteiger partial charge is 0.305 e. The van der Waals surface area contributed by atoms with Crippen molar-refractivity contribution in [2.75, 3.05) is 6.61 Å². The summed E-state index contributed by atoms with van der Waals surface area (Å²) in [5, 5.41) is 8.27. The van der Waals surface area contributed by atoms with Crippen molar-refractivity contribution in [2.24, 2.45) is 0 Å². The molecule has 1 N–H and O–H groups in total. The summed E-state index contributed by atoms with van der Waals surface area (Å²) in [6.45, 7) is 0.222. The summed E-state index contributed by atoms with van der Waals surface area (Å²) >= 11 is -1.66. The Kier molecular flexibility index (Phi) is 2.98. The molecule has 0 aromatic rings. The number of hydrogen-bond donors (Lipinski definition) is 1. The van der Waals surface area contributed by atoms with Crippen molar-refractivity contribution in [1.82, 2.24) is 0 Å². The maximum Gasteiger partial charge on any atom is 0.305 e. The second-order valence-electron chi connectivity index (χ2n) is 2.14. The van der Waals surface area contributed by atoms with Gasteiger partial charge in [0, 0.05) is 6.42 Å². The molecule has 1 aliphatic heterocycles. The fourth-order valence-electron chi connectivity index (χ4n) is 0.714. The quantitative estimate of drug-likeness (QED) is 0.653. The summed E-state index contributed by atoms with van der Waals surface area (Å²) in [4.78, 5) is 10.1. The lowest BCUT2D eigenvalue weighted by atomic mass is 10.2. The van der Waals surface area contributed by atoms with E-state index in [4.69, 9.17) is 9.29 Å². The SMILES string of the molecule is O=C(O)CCC1CO[S@@](=O)O1. The van der Waals surface area contributed by atoms with Crippen LogP contribution in [0.3, 0.4) is 0 Å². The van der Waals surface area contributed by atoms with Crippen LogP contribution in [0.2, 0.25) is 0 Å². The van der Waals surface area contributed by atoms with Gasteiger partial charge >= 0.3 is 17.3 Å². The Hall–Kier alpha value is -0.460. The van der Waals surface area contributed by atoms with E-state index in [2.05, 4.69) is 4.18 Å². The average molecular weight is 180 g/mol. The van der Waals surface area contributed by atoms with Gasteiger partial charge in [-0.05, 0) is 6.42 Å². The Morgan fingerprint density at radius 3 is 2.91 bits per heavy atom. The molecule has 1 heterocycles. The zero-order valence-electron chi connectivity index (χ0n) is 5.69. The third kappa shape index (κ3) is 2.96. The van der Waals surface area contributed by atoms with Gasteiger partial charge in [-0.15, -0.1) is 0 Å². The van der Waals surface area contributed by atoms with Crippen molar-refractivity contribution in [3.63, 3.8) is 0 Å². The molecule has 11 heavy (non-hydrogen) atoms. The predicted molar refractivity (Wildman–Crippen MR) is 35.8 cm³/mol. The van der Waals surface area contributed by atoms with Gasteiger partial charge in [0.1, 0.15) is 6.10 Å². The molecule has 0 aromatic heterocycles. The van der Waals surface area contributed by atoms with Crippen LogP contribution in [0, 0.1) is 0 Å². The van der Waals surface area contributed by atoms with Crippen LogP contribution in [0.4, 0.5) is 0 Å². The molecule has 0 bridgehead atoms. The van der Waals surface area contributed by atoms with Gasteiger partial charge in [-0.2, -0.15) is 4.21 Å². The Balaban J connectivity index is 2.18. The van der Waals surface area contributed by atoms with E-state index in [9.17, 15) is 9.00 Å². The highest BCUT2D eigenvalue weighted by Crippen LogP contribution is 2.13. The average Bonchev–Trinajstić information content (AvgIpc) is 2.31. The highest BCUT2D eigenvalue weighted by atomic mass is 32.2. The van der Waals surface area contributed by atoms with Crippen molar-refractivity contribution in [3.05, 3.63) is 0 Å². The molecule has 0 aliphatic carbocycles. The molecule has 1 rings (SSSR count). The second kappa shape index (κ2) is 3.80. The first-order chi connectivity index (χ1) is 5.18. The topological polar surface area (TPSA) is 72.8 Å². The Labute approximate surface area is 66.2 Å². The summed E-state index contributed by atoms with van der Waals surface area (Å²) in [6, 6.07) is 0. The van der Waals surface area contributed by atoms with Gasteiger partial charge in [0.2, 0.25) is 0 Å². The third-order valence-electron chi connectivity index (χ3n) is 1.24. The zero-order valence-corrected chi connectivity index (χ0v) is 6.50. The molecule has 5 nitrogen and oxygen atoms in total. The second-order valence-corrected chi connectivity index (χ2v) is 2.98. The first kappa shape index (κ1) is 8.63. The van der Waals surface area contributed by atoms with Crippen LogP contribution < -0.4 is 0 Å². The molecule has 2 atom stereocenters.